The van der Waals surface area contributed by atoms with Gasteiger partial charge in [-0.25, -0.2) is 0 Å². The smallest absolute Gasteiger partial charge is 0.115 e. The zero-order chi connectivity index (χ0) is 15.6. The Morgan fingerprint density at radius 2 is 1.45 bits per heavy atom. The van der Waals surface area contributed by atoms with E-state index < -0.39 is 17.8 Å². The van der Waals surface area contributed by atoms with E-state index in [4.69, 9.17) is 19.3 Å². The monoisotopic (exact) mass is 300 g/mol. The van der Waals surface area contributed by atoms with E-state index in [0.717, 1.165) is 0 Å². The molecule has 0 saturated carbocycles. The van der Waals surface area contributed by atoms with Gasteiger partial charge in [0, 0.05) is 4.28 Å². The minimum absolute atomic E-state index is 0. The molecule has 3 unspecified atom stereocenters. The minimum Gasteiger partial charge on any atom is -0.394 e. The van der Waals surface area contributed by atoms with Crippen molar-refractivity contribution in [2.24, 2.45) is 0 Å². The molecule has 20 heavy (non-hydrogen) atoms. The third-order valence-electron chi connectivity index (χ3n) is 2.80. The summed E-state index contributed by atoms with van der Waals surface area (Å²) in [6.07, 6.45) is -0.784. The highest BCUT2D eigenvalue weighted by molar-refractivity contribution is 4.81. The lowest BCUT2D eigenvalue weighted by Crippen LogP contribution is -2.46. The first-order valence-electron chi connectivity index (χ1n) is 7.15. The Balaban J connectivity index is -0.000000602. The van der Waals surface area contributed by atoms with Gasteiger partial charge in [-0.2, -0.15) is 0 Å². The molecular formula is C14H36O6. The zero-order valence-electron chi connectivity index (χ0n) is 13.0. The standard InChI is InChI=1S/C14H30O6.3H2/c1-5-14(20-13(4)6-15,9-18-7-11(2)16)10-19-8-12(3)17;;;/h11-13,15-17H,5-10H2,1-4H3;3*1H. The van der Waals surface area contributed by atoms with Crippen LogP contribution in [0.3, 0.4) is 0 Å². The van der Waals surface area contributed by atoms with Crippen molar-refractivity contribution < 1.29 is 33.8 Å². The first-order chi connectivity index (χ1) is 9.35. The lowest BCUT2D eigenvalue weighted by molar-refractivity contribution is -0.175. The molecule has 0 fully saturated rings. The molecule has 0 aliphatic heterocycles. The van der Waals surface area contributed by atoms with Crippen LogP contribution in [0.2, 0.25) is 0 Å². The summed E-state index contributed by atoms with van der Waals surface area (Å²) in [4.78, 5) is 0. The lowest BCUT2D eigenvalue weighted by atomic mass is 10.0. The van der Waals surface area contributed by atoms with E-state index in [1.54, 1.807) is 20.8 Å². The Morgan fingerprint density at radius 1 is 1.00 bits per heavy atom. The molecule has 0 saturated heterocycles. The highest BCUT2D eigenvalue weighted by Gasteiger charge is 2.32. The molecule has 0 aromatic heterocycles. The van der Waals surface area contributed by atoms with Crippen LogP contribution in [0.25, 0.3) is 0 Å². The number of aliphatic hydroxyl groups excluding tert-OH is 3. The van der Waals surface area contributed by atoms with E-state index in [2.05, 4.69) is 0 Å². The van der Waals surface area contributed by atoms with E-state index in [1.165, 1.54) is 0 Å². The van der Waals surface area contributed by atoms with E-state index in [1.807, 2.05) is 6.92 Å². The van der Waals surface area contributed by atoms with Gasteiger partial charge >= 0.3 is 0 Å². The molecule has 0 spiro atoms. The fraction of sp³-hybridized carbons (Fsp3) is 1.00. The second-order valence-corrected chi connectivity index (χ2v) is 5.38. The van der Waals surface area contributed by atoms with Crippen molar-refractivity contribution in [3.05, 3.63) is 0 Å². The summed E-state index contributed by atoms with van der Waals surface area (Å²) < 4.78 is 16.7. The third-order valence-corrected chi connectivity index (χ3v) is 2.80. The first kappa shape index (κ1) is 19.8. The molecule has 3 N–H and O–H groups in total. The van der Waals surface area contributed by atoms with Crippen LogP contribution in [0.1, 0.15) is 38.4 Å². The average molecular weight is 300 g/mol. The maximum absolute atomic E-state index is 9.23. The topological polar surface area (TPSA) is 88.4 Å². The zero-order valence-corrected chi connectivity index (χ0v) is 13.0. The van der Waals surface area contributed by atoms with E-state index in [0.29, 0.717) is 6.42 Å². The molecule has 0 amide bonds. The maximum atomic E-state index is 9.23. The summed E-state index contributed by atoms with van der Waals surface area (Å²) in [5.41, 5.74) is -0.689. The van der Waals surface area contributed by atoms with Crippen molar-refractivity contribution in [1.29, 1.82) is 0 Å². The molecule has 0 bridgehead atoms. The summed E-state index contributed by atoms with van der Waals surface area (Å²) in [5, 5.41) is 27.6. The van der Waals surface area contributed by atoms with Gasteiger partial charge in [0.15, 0.2) is 0 Å². The normalized spacial score (nSPS) is 19.4. The van der Waals surface area contributed by atoms with E-state index in [-0.39, 0.29) is 43.4 Å². The van der Waals surface area contributed by atoms with Crippen LogP contribution in [-0.4, -0.2) is 72.3 Å². The fourth-order valence-corrected chi connectivity index (χ4v) is 1.69. The average Bonchev–Trinajstić information content (AvgIpc) is 2.37. The van der Waals surface area contributed by atoms with E-state index in [9.17, 15) is 10.2 Å². The molecule has 0 aliphatic rings. The lowest BCUT2D eigenvalue weighted by Gasteiger charge is -2.35. The van der Waals surface area contributed by atoms with Gasteiger partial charge < -0.3 is 29.5 Å². The predicted octanol–water partition coefficient (Wildman–Crippen LogP) is 1.07. The molecule has 6 heteroatoms. The number of ether oxygens (including phenoxy) is 3. The Bertz CT molecular complexity index is 231. The van der Waals surface area contributed by atoms with Crippen molar-refractivity contribution in [2.45, 2.75) is 58.0 Å². The second-order valence-electron chi connectivity index (χ2n) is 5.38. The Morgan fingerprint density at radius 3 is 1.75 bits per heavy atom. The van der Waals surface area contributed by atoms with Crippen molar-refractivity contribution >= 4 is 0 Å². The van der Waals surface area contributed by atoms with Crippen LogP contribution < -0.4 is 0 Å². The van der Waals surface area contributed by atoms with Crippen molar-refractivity contribution in [2.75, 3.05) is 33.0 Å². The SMILES string of the molecule is CCC(COCC(C)O)(COCC(C)O)OC(C)CO.[HH].[HH].[HH]. The molecule has 0 aromatic carbocycles. The third kappa shape index (κ3) is 8.84. The molecule has 3 atom stereocenters. The highest BCUT2D eigenvalue weighted by atomic mass is 16.6. The highest BCUT2D eigenvalue weighted by Crippen LogP contribution is 2.20. The van der Waals surface area contributed by atoms with Crippen LogP contribution in [0.4, 0.5) is 0 Å². The summed E-state index contributed by atoms with van der Waals surface area (Å²) in [5.74, 6) is 0. The first-order valence-corrected chi connectivity index (χ1v) is 7.15. The molecule has 0 rings (SSSR count). The molecule has 0 heterocycles. The second kappa shape index (κ2) is 10.5. The summed E-state index contributed by atoms with van der Waals surface area (Å²) >= 11 is 0. The minimum atomic E-state index is -0.689. The van der Waals surface area contributed by atoms with Gasteiger partial charge in [0.1, 0.15) is 5.60 Å². The van der Waals surface area contributed by atoms with Gasteiger partial charge in [-0.3, -0.25) is 0 Å². The van der Waals surface area contributed by atoms with Crippen LogP contribution >= 0.6 is 0 Å². The molecule has 128 valence electrons. The van der Waals surface area contributed by atoms with Gasteiger partial charge in [0.25, 0.3) is 0 Å². The summed E-state index contributed by atoms with van der Waals surface area (Å²) in [6.45, 7) is 7.88. The number of hydrogen-bond acceptors (Lipinski definition) is 6. The van der Waals surface area contributed by atoms with Crippen LogP contribution in [0, 0.1) is 0 Å². The van der Waals surface area contributed by atoms with Crippen LogP contribution in [-0.2, 0) is 14.2 Å². The molecule has 6 nitrogen and oxygen atoms in total. The van der Waals surface area contributed by atoms with Crippen molar-refractivity contribution in [3.63, 3.8) is 0 Å². The Hall–Kier alpha value is -0.240. The number of aliphatic hydroxyl groups is 3. The van der Waals surface area contributed by atoms with Crippen LogP contribution in [0.5, 0.6) is 0 Å². The number of rotatable bonds is 12. The Labute approximate surface area is 126 Å². The van der Waals surface area contributed by atoms with Crippen LogP contribution in [0.15, 0.2) is 0 Å². The quantitative estimate of drug-likeness (QED) is 0.499. The fourth-order valence-electron chi connectivity index (χ4n) is 1.69. The van der Waals surface area contributed by atoms with E-state index >= 15 is 0 Å². The van der Waals surface area contributed by atoms with Gasteiger partial charge in [-0.15, -0.1) is 0 Å². The maximum Gasteiger partial charge on any atom is 0.115 e. The molecule has 0 radical (unpaired) electrons. The van der Waals surface area contributed by atoms with Gasteiger partial charge in [0.05, 0.1) is 51.3 Å². The number of hydrogen-bond donors (Lipinski definition) is 3. The van der Waals surface area contributed by atoms with Gasteiger partial charge in [-0.1, -0.05) is 6.92 Å². The predicted molar refractivity (Wildman–Crippen MR) is 82.0 cm³/mol. The summed E-state index contributed by atoms with van der Waals surface area (Å²) in [6, 6.07) is 0. The van der Waals surface area contributed by atoms with Gasteiger partial charge in [0.2, 0.25) is 0 Å². The van der Waals surface area contributed by atoms with Crippen molar-refractivity contribution in [1.82, 2.24) is 0 Å². The molecule has 0 aliphatic carbocycles. The Kier molecular flexibility index (Phi) is 10.4. The summed E-state index contributed by atoms with van der Waals surface area (Å²) in [7, 11) is 0. The van der Waals surface area contributed by atoms with Gasteiger partial charge in [-0.05, 0) is 27.2 Å². The molecular weight excluding hydrogens is 264 g/mol. The molecule has 0 aromatic rings. The largest absolute Gasteiger partial charge is 0.394 e. The van der Waals surface area contributed by atoms with Crippen molar-refractivity contribution in [3.8, 4) is 0 Å².